The van der Waals surface area contributed by atoms with E-state index in [1.165, 1.54) is 58.7 Å². The molecule has 1 aromatic heterocycles. The Morgan fingerprint density at radius 1 is 0.893 bits per heavy atom. The van der Waals surface area contributed by atoms with Crippen molar-refractivity contribution in [2.24, 2.45) is 5.41 Å². The summed E-state index contributed by atoms with van der Waals surface area (Å²) >= 11 is 0. The Morgan fingerprint density at radius 3 is 2.21 bits per heavy atom. The lowest BCUT2D eigenvalue weighted by Crippen LogP contribution is -2.20. The molecule has 2 aromatic carbocycles. The van der Waals surface area contributed by atoms with Crippen LogP contribution < -0.4 is 0 Å². The third kappa shape index (κ3) is 3.85. The highest BCUT2D eigenvalue weighted by Crippen LogP contribution is 2.43. The van der Waals surface area contributed by atoms with Crippen molar-refractivity contribution in [1.29, 1.82) is 0 Å². The van der Waals surface area contributed by atoms with Crippen LogP contribution >= 0.6 is 0 Å². The first-order valence-corrected chi connectivity index (χ1v) is 11.0. The number of benzene rings is 2. The molecule has 0 aliphatic heterocycles. The van der Waals surface area contributed by atoms with Gasteiger partial charge in [0.25, 0.3) is 0 Å². The first-order chi connectivity index (χ1) is 13.5. The van der Waals surface area contributed by atoms with Gasteiger partial charge in [-0.2, -0.15) is 0 Å². The first-order valence-electron chi connectivity index (χ1n) is 11.0. The summed E-state index contributed by atoms with van der Waals surface area (Å²) in [5.74, 6) is 0.712. The third-order valence-corrected chi connectivity index (χ3v) is 6.74. The topological polar surface area (TPSA) is 12.9 Å². The van der Waals surface area contributed by atoms with Gasteiger partial charge in [0.2, 0.25) is 0 Å². The van der Waals surface area contributed by atoms with Crippen LogP contribution in [0.15, 0.2) is 48.7 Å². The van der Waals surface area contributed by atoms with Crippen LogP contribution in [0.3, 0.4) is 0 Å². The molecule has 0 N–H and O–H groups in total. The number of aryl methyl sites for hydroxylation is 2. The van der Waals surface area contributed by atoms with Crippen LogP contribution in [0.5, 0.6) is 0 Å². The highest BCUT2D eigenvalue weighted by Gasteiger charge is 2.27. The maximum Gasteiger partial charge on any atom is 0.0780 e. The van der Waals surface area contributed by atoms with E-state index in [-0.39, 0.29) is 0 Å². The molecule has 1 fully saturated rings. The van der Waals surface area contributed by atoms with E-state index in [0.29, 0.717) is 11.3 Å². The summed E-state index contributed by atoms with van der Waals surface area (Å²) in [4.78, 5) is 4.79. The van der Waals surface area contributed by atoms with Gasteiger partial charge >= 0.3 is 0 Å². The van der Waals surface area contributed by atoms with Gasteiger partial charge in [0.1, 0.15) is 0 Å². The van der Waals surface area contributed by atoms with Gasteiger partial charge in [-0.1, -0.05) is 52.0 Å². The third-order valence-electron chi connectivity index (χ3n) is 6.74. The zero-order valence-electron chi connectivity index (χ0n) is 17.9. The van der Waals surface area contributed by atoms with Crippen LogP contribution in [0.25, 0.3) is 22.0 Å². The summed E-state index contributed by atoms with van der Waals surface area (Å²) in [7, 11) is 0. The fraction of sp³-hybridized carbons (Fsp3) is 0.444. The number of aromatic nitrogens is 1. The van der Waals surface area contributed by atoms with Crippen molar-refractivity contribution in [1.82, 2.24) is 4.98 Å². The molecule has 1 heteroatoms. The molecule has 3 aromatic rings. The number of pyridine rings is 1. The number of nitrogens with zero attached hydrogens (tertiary/aromatic N) is 1. The predicted molar refractivity (Wildman–Crippen MR) is 121 cm³/mol. The molecule has 1 nitrogen and oxygen atoms in total. The van der Waals surface area contributed by atoms with E-state index in [0.717, 1.165) is 18.5 Å². The van der Waals surface area contributed by atoms with Gasteiger partial charge in [-0.25, -0.2) is 0 Å². The molecular weight excluding hydrogens is 338 g/mol. The molecule has 1 heterocycles. The minimum Gasteiger partial charge on any atom is -0.256 e. The maximum atomic E-state index is 4.79. The van der Waals surface area contributed by atoms with Gasteiger partial charge in [0, 0.05) is 17.1 Å². The van der Waals surface area contributed by atoms with Crippen molar-refractivity contribution >= 4 is 10.8 Å². The molecule has 0 atom stereocenters. The van der Waals surface area contributed by atoms with Gasteiger partial charge in [-0.05, 0) is 90.1 Å². The minimum absolute atomic E-state index is 0.520. The van der Waals surface area contributed by atoms with Crippen LogP contribution in [-0.4, -0.2) is 4.98 Å². The largest absolute Gasteiger partial charge is 0.256 e. The van der Waals surface area contributed by atoms with E-state index in [2.05, 4.69) is 70.2 Å². The molecule has 1 aliphatic rings. The lowest BCUT2D eigenvalue weighted by Gasteiger charge is -2.34. The zero-order chi connectivity index (χ0) is 19.7. The van der Waals surface area contributed by atoms with E-state index in [1.54, 1.807) is 0 Å². The fourth-order valence-electron chi connectivity index (χ4n) is 4.72. The van der Waals surface area contributed by atoms with Crippen LogP contribution in [0.4, 0.5) is 0 Å². The van der Waals surface area contributed by atoms with Crippen LogP contribution in [0, 0.1) is 5.41 Å². The first kappa shape index (κ1) is 19.2. The van der Waals surface area contributed by atoms with Gasteiger partial charge < -0.3 is 0 Å². The van der Waals surface area contributed by atoms with Crippen LogP contribution in [0.1, 0.15) is 76.0 Å². The van der Waals surface area contributed by atoms with Gasteiger partial charge in [-0.15, -0.1) is 0 Å². The number of hydrogen-bond donors (Lipinski definition) is 0. The number of fused-ring (bicyclic) bond motifs is 1. The summed E-state index contributed by atoms with van der Waals surface area (Å²) in [6.45, 7) is 9.28. The Balaban J connectivity index is 1.72. The molecule has 1 saturated carbocycles. The van der Waals surface area contributed by atoms with Crippen molar-refractivity contribution < 1.29 is 0 Å². The summed E-state index contributed by atoms with van der Waals surface area (Å²) in [6.07, 6.45) is 9.41. The molecule has 146 valence electrons. The Bertz CT molecular complexity index is 950. The number of hydrogen-bond acceptors (Lipinski definition) is 1. The van der Waals surface area contributed by atoms with Crippen molar-refractivity contribution in [3.8, 4) is 11.3 Å². The van der Waals surface area contributed by atoms with E-state index in [4.69, 9.17) is 4.98 Å². The van der Waals surface area contributed by atoms with E-state index >= 15 is 0 Å². The molecule has 0 unspecified atom stereocenters. The van der Waals surface area contributed by atoms with Crippen molar-refractivity contribution in [3.63, 3.8) is 0 Å². The van der Waals surface area contributed by atoms with Crippen molar-refractivity contribution in [3.05, 3.63) is 65.4 Å². The van der Waals surface area contributed by atoms with E-state index in [1.807, 2.05) is 6.20 Å². The normalized spacial score (nSPS) is 17.1. The number of rotatable bonds is 4. The van der Waals surface area contributed by atoms with Gasteiger partial charge in [-0.3, -0.25) is 4.98 Å². The van der Waals surface area contributed by atoms with Crippen LogP contribution in [0.2, 0.25) is 0 Å². The Kier molecular flexibility index (Phi) is 5.27. The summed E-state index contributed by atoms with van der Waals surface area (Å²) in [6, 6.07) is 16.2. The summed E-state index contributed by atoms with van der Waals surface area (Å²) < 4.78 is 0. The van der Waals surface area contributed by atoms with Crippen molar-refractivity contribution in [2.75, 3.05) is 0 Å². The predicted octanol–water partition coefficient (Wildman–Crippen LogP) is 7.71. The molecule has 1 aliphatic carbocycles. The second kappa shape index (κ2) is 7.70. The monoisotopic (exact) mass is 371 g/mol. The molecule has 28 heavy (non-hydrogen) atoms. The highest BCUT2D eigenvalue weighted by molar-refractivity contribution is 5.95. The van der Waals surface area contributed by atoms with Gasteiger partial charge in [0.05, 0.1) is 5.69 Å². The SMILES string of the molecule is CCc1cc(CC)cc(-c2nccc3cc(C4CCC(C)(C)CC4)ccc23)c1. The second-order valence-corrected chi connectivity index (χ2v) is 9.32. The van der Waals surface area contributed by atoms with Gasteiger partial charge in [0.15, 0.2) is 0 Å². The maximum absolute atomic E-state index is 4.79. The molecule has 0 amide bonds. The zero-order valence-corrected chi connectivity index (χ0v) is 17.9. The molecule has 4 rings (SSSR count). The molecule has 0 saturated heterocycles. The lowest BCUT2D eigenvalue weighted by atomic mass is 9.71. The van der Waals surface area contributed by atoms with Crippen LogP contribution in [-0.2, 0) is 12.8 Å². The molecule has 0 bridgehead atoms. The molecular formula is C27H33N. The smallest absolute Gasteiger partial charge is 0.0780 e. The Hall–Kier alpha value is -2.15. The fourth-order valence-corrected chi connectivity index (χ4v) is 4.72. The molecule has 0 spiro atoms. The quantitative estimate of drug-likeness (QED) is 0.457. The molecule has 0 radical (unpaired) electrons. The summed E-state index contributed by atoms with van der Waals surface area (Å²) in [5.41, 5.74) is 7.21. The highest BCUT2D eigenvalue weighted by atomic mass is 14.7. The minimum atomic E-state index is 0.520. The lowest BCUT2D eigenvalue weighted by molar-refractivity contribution is 0.224. The average Bonchev–Trinajstić information content (AvgIpc) is 2.72. The van der Waals surface area contributed by atoms with Crippen molar-refractivity contribution in [2.45, 2.75) is 72.1 Å². The summed E-state index contributed by atoms with van der Waals surface area (Å²) in [5, 5.41) is 2.60. The Labute approximate surface area is 170 Å². The standard InChI is InChI=1S/C27H33N/c1-5-19-15-20(6-2)17-24(16-19)26-25-8-7-22(18-23(25)11-14-28-26)21-9-12-27(3,4)13-10-21/h7-8,11,14-18,21H,5-6,9-10,12-13H2,1-4H3. The van der Waals surface area contributed by atoms with E-state index < -0.39 is 0 Å². The van der Waals surface area contributed by atoms with E-state index in [9.17, 15) is 0 Å². The second-order valence-electron chi connectivity index (χ2n) is 9.32. The Morgan fingerprint density at radius 2 is 1.57 bits per heavy atom. The average molecular weight is 372 g/mol.